The largest absolute Gasteiger partial charge is 0.393 e. The highest BCUT2D eigenvalue weighted by atomic mass is 32.1. The van der Waals surface area contributed by atoms with E-state index in [1.165, 1.54) is 17.7 Å². The van der Waals surface area contributed by atoms with Crippen molar-refractivity contribution in [1.29, 1.82) is 0 Å². The molecule has 0 radical (unpaired) electrons. The number of thiophene rings is 1. The number of aromatic amines is 1. The van der Waals surface area contributed by atoms with Crippen molar-refractivity contribution < 1.29 is 9.90 Å². The van der Waals surface area contributed by atoms with Crippen LogP contribution in [-0.4, -0.2) is 45.6 Å². The summed E-state index contributed by atoms with van der Waals surface area (Å²) >= 11 is 1.22. The van der Waals surface area contributed by atoms with E-state index in [0.717, 1.165) is 0 Å². The molecule has 1 amide bonds. The van der Waals surface area contributed by atoms with Crippen LogP contribution in [0.25, 0.3) is 10.2 Å². The van der Waals surface area contributed by atoms with Crippen LogP contribution in [0.2, 0.25) is 0 Å². The number of rotatable bonds is 4. The van der Waals surface area contributed by atoms with Gasteiger partial charge in [0.25, 0.3) is 11.5 Å². The monoisotopic (exact) mass is 295 g/mol. The van der Waals surface area contributed by atoms with Gasteiger partial charge in [0.05, 0.1) is 22.7 Å². The molecule has 0 fully saturated rings. The molecular weight excluding hydrogens is 278 g/mol. The molecule has 7 heteroatoms. The van der Waals surface area contributed by atoms with Gasteiger partial charge in [-0.2, -0.15) is 0 Å². The fourth-order valence-corrected chi connectivity index (χ4v) is 3.08. The number of carbonyl (C=O) groups excluding carboxylic acids is 1. The molecule has 2 N–H and O–H groups in total. The van der Waals surface area contributed by atoms with E-state index in [9.17, 15) is 14.7 Å². The van der Waals surface area contributed by atoms with Crippen molar-refractivity contribution in [3.8, 4) is 0 Å². The Morgan fingerprint density at radius 3 is 2.90 bits per heavy atom. The minimum atomic E-state index is -0.446. The lowest BCUT2D eigenvalue weighted by Crippen LogP contribution is -2.29. The Kier molecular flexibility index (Phi) is 4.20. The van der Waals surface area contributed by atoms with Crippen molar-refractivity contribution >= 4 is 27.5 Å². The highest BCUT2D eigenvalue weighted by molar-refractivity contribution is 7.20. The predicted molar refractivity (Wildman–Crippen MR) is 78.2 cm³/mol. The van der Waals surface area contributed by atoms with Crippen LogP contribution in [0.3, 0.4) is 0 Å². The lowest BCUT2D eigenvalue weighted by molar-refractivity contribution is 0.0773. The molecule has 2 rings (SSSR count). The number of nitrogens with zero attached hydrogens (tertiary/aromatic N) is 2. The number of carbonyl (C=O) groups is 1. The van der Waals surface area contributed by atoms with Crippen molar-refractivity contribution in [3.05, 3.63) is 27.1 Å². The summed E-state index contributed by atoms with van der Waals surface area (Å²) in [4.78, 5) is 33.4. The van der Waals surface area contributed by atoms with Gasteiger partial charge in [-0.15, -0.1) is 11.3 Å². The first-order chi connectivity index (χ1) is 9.41. The lowest BCUT2D eigenvalue weighted by atomic mass is 10.2. The van der Waals surface area contributed by atoms with Gasteiger partial charge in [0, 0.05) is 13.6 Å². The number of aliphatic hydroxyl groups excluding tert-OH is 1. The Hall–Kier alpha value is -1.73. The zero-order valence-corrected chi connectivity index (χ0v) is 12.5. The van der Waals surface area contributed by atoms with Gasteiger partial charge in [0.2, 0.25) is 0 Å². The smallest absolute Gasteiger partial charge is 0.264 e. The number of amides is 1. The van der Waals surface area contributed by atoms with E-state index >= 15 is 0 Å². The summed E-state index contributed by atoms with van der Waals surface area (Å²) in [5, 5.41) is 9.74. The van der Waals surface area contributed by atoms with E-state index in [2.05, 4.69) is 9.97 Å². The maximum atomic E-state index is 12.4. The van der Waals surface area contributed by atoms with Gasteiger partial charge in [0.1, 0.15) is 4.83 Å². The maximum absolute atomic E-state index is 12.4. The summed E-state index contributed by atoms with van der Waals surface area (Å²) in [6, 6.07) is 0. The summed E-state index contributed by atoms with van der Waals surface area (Å²) in [5.74, 6) is -0.148. The van der Waals surface area contributed by atoms with Gasteiger partial charge in [-0.05, 0) is 25.8 Å². The SMILES string of the molecule is Cc1c(C(=O)N(C)CCC(C)O)sc2nc[nH]c(=O)c12. The molecule has 2 aromatic rings. The first-order valence-electron chi connectivity index (χ1n) is 6.32. The minimum Gasteiger partial charge on any atom is -0.393 e. The van der Waals surface area contributed by atoms with Crippen molar-refractivity contribution in [3.63, 3.8) is 0 Å². The Labute approximate surface area is 120 Å². The fourth-order valence-electron chi connectivity index (χ4n) is 1.94. The van der Waals surface area contributed by atoms with E-state index in [0.29, 0.717) is 33.6 Å². The average molecular weight is 295 g/mol. The van der Waals surface area contributed by atoms with E-state index in [1.807, 2.05) is 0 Å². The van der Waals surface area contributed by atoms with E-state index in [4.69, 9.17) is 0 Å². The maximum Gasteiger partial charge on any atom is 0.264 e. The Morgan fingerprint density at radius 1 is 1.60 bits per heavy atom. The molecule has 2 aromatic heterocycles. The molecule has 0 saturated heterocycles. The molecule has 0 bridgehead atoms. The van der Waals surface area contributed by atoms with Crippen LogP contribution in [0.15, 0.2) is 11.1 Å². The quantitative estimate of drug-likeness (QED) is 0.885. The molecule has 20 heavy (non-hydrogen) atoms. The molecule has 0 aliphatic carbocycles. The third kappa shape index (κ3) is 2.73. The molecule has 6 nitrogen and oxygen atoms in total. The molecule has 1 atom stereocenters. The third-order valence-corrected chi connectivity index (χ3v) is 4.34. The number of H-pyrrole nitrogens is 1. The van der Waals surface area contributed by atoms with Crippen molar-refractivity contribution in [2.24, 2.45) is 0 Å². The van der Waals surface area contributed by atoms with Crippen molar-refractivity contribution in [2.75, 3.05) is 13.6 Å². The number of nitrogens with one attached hydrogen (secondary N) is 1. The first-order valence-corrected chi connectivity index (χ1v) is 7.13. The number of aliphatic hydroxyl groups is 1. The van der Waals surface area contributed by atoms with E-state index < -0.39 is 6.10 Å². The van der Waals surface area contributed by atoms with Crippen LogP contribution in [0, 0.1) is 6.92 Å². The Balaban J connectivity index is 2.33. The number of hydrogen-bond acceptors (Lipinski definition) is 5. The molecular formula is C13H17N3O3S. The lowest BCUT2D eigenvalue weighted by Gasteiger charge is -2.17. The second-order valence-electron chi connectivity index (χ2n) is 4.83. The van der Waals surface area contributed by atoms with Gasteiger partial charge in [0.15, 0.2) is 0 Å². The average Bonchev–Trinajstić information content (AvgIpc) is 2.73. The van der Waals surface area contributed by atoms with Crippen LogP contribution in [-0.2, 0) is 0 Å². The molecule has 0 aliphatic rings. The zero-order chi connectivity index (χ0) is 14.9. The number of aromatic nitrogens is 2. The number of aryl methyl sites for hydroxylation is 1. The molecule has 0 aliphatic heterocycles. The molecule has 0 spiro atoms. The summed E-state index contributed by atoms with van der Waals surface area (Å²) in [6.07, 6.45) is 1.41. The van der Waals surface area contributed by atoms with Crippen LogP contribution in [0.4, 0.5) is 0 Å². The topological polar surface area (TPSA) is 86.3 Å². The molecule has 0 saturated carbocycles. The summed E-state index contributed by atoms with van der Waals surface area (Å²) in [6.45, 7) is 3.91. The molecule has 0 aromatic carbocycles. The second-order valence-corrected chi connectivity index (χ2v) is 5.83. The summed E-state index contributed by atoms with van der Waals surface area (Å²) in [5.41, 5.74) is 0.433. The van der Waals surface area contributed by atoms with Gasteiger partial charge < -0.3 is 15.0 Å². The summed E-state index contributed by atoms with van der Waals surface area (Å²) in [7, 11) is 1.69. The number of fused-ring (bicyclic) bond motifs is 1. The summed E-state index contributed by atoms with van der Waals surface area (Å²) < 4.78 is 0. The molecule has 2 heterocycles. The minimum absolute atomic E-state index is 0.148. The highest BCUT2D eigenvalue weighted by Gasteiger charge is 2.21. The van der Waals surface area contributed by atoms with E-state index in [1.54, 1.807) is 25.8 Å². The van der Waals surface area contributed by atoms with Crippen LogP contribution in [0.1, 0.15) is 28.6 Å². The van der Waals surface area contributed by atoms with Gasteiger partial charge in [-0.3, -0.25) is 9.59 Å². The first kappa shape index (κ1) is 14.7. The van der Waals surface area contributed by atoms with Crippen LogP contribution >= 0.6 is 11.3 Å². The zero-order valence-electron chi connectivity index (χ0n) is 11.6. The van der Waals surface area contributed by atoms with Crippen molar-refractivity contribution in [1.82, 2.24) is 14.9 Å². The predicted octanol–water partition coefficient (Wildman–Crippen LogP) is 1.14. The fraction of sp³-hybridized carbons (Fsp3) is 0.462. The van der Waals surface area contributed by atoms with Gasteiger partial charge in [-0.25, -0.2) is 4.98 Å². The van der Waals surface area contributed by atoms with Crippen LogP contribution < -0.4 is 5.56 Å². The number of hydrogen-bond donors (Lipinski definition) is 2. The standard InChI is InChI=1S/C13H17N3O3S/c1-7(17)4-5-16(3)13(19)10-8(2)9-11(18)14-6-15-12(9)20-10/h6-7,17H,4-5H2,1-3H3,(H,14,15,18). The van der Waals surface area contributed by atoms with Gasteiger partial charge in [-0.1, -0.05) is 0 Å². The molecule has 1 unspecified atom stereocenters. The van der Waals surface area contributed by atoms with Crippen LogP contribution in [0.5, 0.6) is 0 Å². The Morgan fingerprint density at radius 2 is 2.30 bits per heavy atom. The highest BCUT2D eigenvalue weighted by Crippen LogP contribution is 2.27. The van der Waals surface area contributed by atoms with Crippen molar-refractivity contribution in [2.45, 2.75) is 26.4 Å². The van der Waals surface area contributed by atoms with E-state index in [-0.39, 0.29) is 11.5 Å². The second kappa shape index (κ2) is 5.72. The normalized spacial score (nSPS) is 12.6. The molecule has 108 valence electrons. The Bertz CT molecular complexity index is 690. The third-order valence-electron chi connectivity index (χ3n) is 3.16. The van der Waals surface area contributed by atoms with Gasteiger partial charge >= 0.3 is 0 Å².